The van der Waals surface area contributed by atoms with E-state index < -0.39 is 0 Å². The molecule has 25 heavy (non-hydrogen) atoms. The van der Waals surface area contributed by atoms with Gasteiger partial charge in [0.1, 0.15) is 0 Å². The summed E-state index contributed by atoms with van der Waals surface area (Å²) >= 11 is 1.72. The first-order valence-corrected chi connectivity index (χ1v) is 10.2. The molecule has 1 aliphatic heterocycles. The molecule has 0 spiro atoms. The predicted octanol–water partition coefficient (Wildman–Crippen LogP) is 3.21. The number of carbonyl (C=O) groups excluding carboxylic acids is 1. The molecule has 3 N–H and O–H groups in total. The molecule has 2 heterocycles. The molecule has 4 atom stereocenters. The minimum absolute atomic E-state index is 0.0175. The van der Waals surface area contributed by atoms with E-state index in [1.54, 1.807) is 11.3 Å². The van der Waals surface area contributed by atoms with Gasteiger partial charge in [-0.25, -0.2) is 4.98 Å². The Bertz CT molecular complexity index is 811. The number of carbonyl (C=O) groups is 1. The Morgan fingerprint density at radius 1 is 1.24 bits per heavy atom. The van der Waals surface area contributed by atoms with Gasteiger partial charge in [-0.05, 0) is 62.1 Å². The zero-order chi connectivity index (χ0) is 17.0. The standard InChI is InChI=1S/C19H24N4OS/c20-17-12-4-3-11(9-12)16(17)18(24)21-13-5-6-14-15(10-13)25-19(22-14)23-7-1-2-8-23/h5-6,10-12,16-17H,1-4,7-9,20H2,(H,21,24). The van der Waals surface area contributed by atoms with Crippen molar-refractivity contribution in [2.75, 3.05) is 23.3 Å². The molecule has 2 aliphatic carbocycles. The molecule has 3 fully saturated rings. The van der Waals surface area contributed by atoms with E-state index in [-0.39, 0.29) is 17.9 Å². The van der Waals surface area contributed by atoms with E-state index in [4.69, 9.17) is 10.7 Å². The van der Waals surface area contributed by atoms with Gasteiger partial charge in [0.25, 0.3) is 0 Å². The van der Waals surface area contributed by atoms with Gasteiger partial charge in [0.05, 0.1) is 16.1 Å². The van der Waals surface area contributed by atoms with Gasteiger partial charge >= 0.3 is 0 Å². The van der Waals surface area contributed by atoms with Gasteiger partial charge in [-0.2, -0.15) is 0 Å². The summed E-state index contributed by atoms with van der Waals surface area (Å²) in [5.41, 5.74) is 8.19. The van der Waals surface area contributed by atoms with E-state index in [0.717, 1.165) is 47.0 Å². The number of amides is 1. The van der Waals surface area contributed by atoms with Crippen LogP contribution in [0.1, 0.15) is 32.1 Å². The van der Waals surface area contributed by atoms with Gasteiger partial charge in [-0.1, -0.05) is 11.3 Å². The fourth-order valence-corrected chi connectivity index (χ4v) is 6.04. The number of nitrogens with zero attached hydrogens (tertiary/aromatic N) is 2. The molecule has 6 heteroatoms. The second-order valence-corrected chi connectivity index (χ2v) is 8.81. The molecule has 4 unspecified atom stereocenters. The van der Waals surface area contributed by atoms with E-state index in [2.05, 4.69) is 16.3 Å². The van der Waals surface area contributed by atoms with Crippen molar-refractivity contribution in [3.63, 3.8) is 0 Å². The SMILES string of the molecule is NC1C2CCC(C2)C1C(=O)Nc1ccc2nc(N3CCCC3)sc2c1. The summed E-state index contributed by atoms with van der Waals surface area (Å²) in [7, 11) is 0. The number of nitrogens with two attached hydrogens (primary N) is 1. The van der Waals surface area contributed by atoms with E-state index in [1.807, 2.05) is 12.1 Å². The maximum absolute atomic E-state index is 12.8. The third-order valence-corrected chi connectivity index (χ3v) is 7.38. The Hall–Kier alpha value is -1.66. The lowest BCUT2D eigenvalue weighted by Crippen LogP contribution is -2.42. The maximum atomic E-state index is 12.8. The Labute approximate surface area is 151 Å². The Morgan fingerprint density at radius 3 is 2.80 bits per heavy atom. The zero-order valence-electron chi connectivity index (χ0n) is 14.3. The van der Waals surface area contributed by atoms with Crippen LogP contribution >= 0.6 is 11.3 Å². The Kier molecular flexibility index (Phi) is 3.71. The van der Waals surface area contributed by atoms with Crippen molar-refractivity contribution in [1.29, 1.82) is 0 Å². The van der Waals surface area contributed by atoms with Crippen LogP contribution in [0.3, 0.4) is 0 Å². The molecular weight excluding hydrogens is 332 g/mol. The first-order chi connectivity index (χ1) is 12.2. The summed E-state index contributed by atoms with van der Waals surface area (Å²) in [5.74, 6) is 1.11. The molecule has 1 aromatic heterocycles. The van der Waals surface area contributed by atoms with Crippen LogP contribution in [-0.2, 0) is 4.79 Å². The van der Waals surface area contributed by atoms with Crippen LogP contribution in [0.2, 0.25) is 0 Å². The zero-order valence-corrected chi connectivity index (χ0v) is 15.1. The van der Waals surface area contributed by atoms with Gasteiger partial charge in [0.15, 0.2) is 5.13 Å². The van der Waals surface area contributed by atoms with Gasteiger partial charge in [0.2, 0.25) is 5.91 Å². The third-order valence-electron chi connectivity index (χ3n) is 6.30. The monoisotopic (exact) mass is 356 g/mol. The summed E-state index contributed by atoms with van der Waals surface area (Å²) < 4.78 is 1.14. The quantitative estimate of drug-likeness (QED) is 0.886. The minimum Gasteiger partial charge on any atom is -0.348 e. The fraction of sp³-hybridized carbons (Fsp3) is 0.579. The molecule has 2 saturated carbocycles. The molecule has 0 radical (unpaired) electrons. The summed E-state index contributed by atoms with van der Waals surface area (Å²) in [6.07, 6.45) is 5.99. The van der Waals surface area contributed by atoms with Crippen molar-refractivity contribution < 1.29 is 4.79 Å². The van der Waals surface area contributed by atoms with Gasteiger partial charge in [-0.3, -0.25) is 4.79 Å². The third kappa shape index (κ3) is 2.62. The summed E-state index contributed by atoms with van der Waals surface area (Å²) in [6.45, 7) is 2.21. The highest BCUT2D eigenvalue weighted by atomic mass is 32.1. The van der Waals surface area contributed by atoms with Crippen molar-refractivity contribution in [1.82, 2.24) is 4.98 Å². The summed E-state index contributed by atoms with van der Waals surface area (Å²) in [4.78, 5) is 19.9. The second kappa shape index (κ2) is 5.95. The Morgan fingerprint density at radius 2 is 2.04 bits per heavy atom. The molecule has 3 aliphatic rings. The number of aromatic nitrogens is 1. The van der Waals surface area contributed by atoms with E-state index in [9.17, 15) is 4.79 Å². The second-order valence-electron chi connectivity index (χ2n) is 7.80. The lowest BCUT2D eigenvalue weighted by Gasteiger charge is -2.27. The van der Waals surface area contributed by atoms with Crippen LogP contribution in [0.4, 0.5) is 10.8 Å². The van der Waals surface area contributed by atoms with Crippen LogP contribution in [0.15, 0.2) is 18.2 Å². The smallest absolute Gasteiger partial charge is 0.229 e. The molecule has 5 rings (SSSR count). The van der Waals surface area contributed by atoms with E-state index in [0.29, 0.717) is 11.8 Å². The number of thiazole rings is 1. The molecule has 5 nitrogen and oxygen atoms in total. The first kappa shape index (κ1) is 15.6. The van der Waals surface area contributed by atoms with Crippen LogP contribution in [0.25, 0.3) is 10.2 Å². The van der Waals surface area contributed by atoms with Crippen molar-refractivity contribution in [3.8, 4) is 0 Å². The number of rotatable bonds is 3. The van der Waals surface area contributed by atoms with Crippen molar-refractivity contribution in [3.05, 3.63) is 18.2 Å². The summed E-state index contributed by atoms with van der Waals surface area (Å²) in [6, 6.07) is 6.07. The minimum atomic E-state index is -0.0175. The van der Waals surface area contributed by atoms with Gasteiger partial charge in [0, 0.05) is 24.8 Å². The number of hydrogen-bond donors (Lipinski definition) is 2. The maximum Gasteiger partial charge on any atom is 0.229 e. The van der Waals surface area contributed by atoms with Crippen LogP contribution in [-0.4, -0.2) is 30.0 Å². The lowest BCUT2D eigenvalue weighted by atomic mass is 9.84. The van der Waals surface area contributed by atoms with Gasteiger partial charge in [-0.15, -0.1) is 0 Å². The summed E-state index contributed by atoms with van der Waals surface area (Å²) in [5, 5.41) is 4.22. The molecule has 1 saturated heterocycles. The number of nitrogens with one attached hydrogen (secondary N) is 1. The van der Waals surface area contributed by atoms with E-state index >= 15 is 0 Å². The van der Waals surface area contributed by atoms with Crippen molar-refractivity contribution >= 4 is 38.3 Å². The lowest BCUT2D eigenvalue weighted by molar-refractivity contribution is -0.121. The largest absolute Gasteiger partial charge is 0.348 e. The molecule has 132 valence electrons. The number of benzene rings is 1. The highest BCUT2D eigenvalue weighted by molar-refractivity contribution is 7.22. The highest BCUT2D eigenvalue weighted by Gasteiger charge is 2.49. The topological polar surface area (TPSA) is 71.2 Å². The molecule has 1 amide bonds. The fourth-order valence-electron chi connectivity index (χ4n) is 4.98. The Balaban J connectivity index is 1.35. The van der Waals surface area contributed by atoms with Crippen LogP contribution < -0.4 is 16.0 Å². The molecule has 1 aromatic carbocycles. The average molecular weight is 356 g/mol. The average Bonchev–Trinajstić information content (AvgIpc) is 3.37. The molecule has 2 aromatic rings. The van der Waals surface area contributed by atoms with Crippen LogP contribution in [0.5, 0.6) is 0 Å². The van der Waals surface area contributed by atoms with Gasteiger partial charge < -0.3 is 16.0 Å². The number of anilines is 2. The first-order valence-electron chi connectivity index (χ1n) is 9.41. The van der Waals surface area contributed by atoms with Crippen LogP contribution in [0, 0.1) is 17.8 Å². The number of fused-ring (bicyclic) bond motifs is 3. The van der Waals surface area contributed by atoms with Crippen molar-refractivity contribution in [2.24, 2.45) is 23.5 Å². The normalized spacial score (nSPS) is 31.2. The molecular formula is C19H24N4OS. The van der Waals surface area contributed by atoms with E-state index in [1.165, 1.54) is 19.3 Å². The highest BCUT2D eigenvalue weighted by Crippen LogP contribution is 2.48. The van der Waals surface area contributed by atoms with Crippen molar-refractivity contribution in [2.45, 2.75) is 38.1 Å². The molecule has 2 bridgehead atoms. The number of hydrogen-bond acceptors (Lipinski definition) is 5. The predicted molar refractivity (Wildman–Crippen MR) is 102 cm³/mol.